The Labute approximate surface area is 120 Å². The zero-order valence-corrected chi connectivity index (χ0v) is 12.6. The number of aromatic nitrogens is 2. The van der Waals surface area contributed by atoms with Crippen LogP contribution in [0.5, 0.6) is 5.75 Å². The molecule has 0 aliphatic rings. The Bertz CT molecular complexity index is 569. The summed E-state index contributed by atoms with van der Waals surface area (Å²) in [7, 11) is 0. The van der Waals surface area contributed by atoms with E-state index < -0.39 is 0 Å². The van der Waals surface area contributed by atoms with Crippen LogP contribution in [0.25, 0.3) is 11.0 Å². The van der Waals surface area contributed by atoms with Gasteiger partial charge in [0.2, 0.25) is 0 Å². The molecule has 2 rings (SSSR count). The summed E-state index contributed by atoms with van der Waals surface area (Å²) in [6.45, 7) is 7.54. The van der Waals surface area contributed by atoms with E-state index in [-0.39, 0.29) is 11.2 Å². The average molecular weight is 275 g/mol. The number of nitrogens with two attached hydrogens (primary N) is 1. The lowest BCUT2D eigenvalue weighted by atomic mass is 9.76. The van der Waals surface area contributed by atoms with E-state index in [0.717, 1.165) is 42.7 Å². The molecule has 1 aromatic carbocycles. The second kappa shape index (κ2) is 5.83. The molecular weight excluding hydrogens is 250 g/mol. The van der Waals surface area contributed by atoms with Crippen molar-refractivity contribution in [3.63, 3.8) is 0 Å². The lowest BCUT2D eigenvalue weighted by molar-refractivity contribution is 0.214. The quantitative estimate of drug-likeness (QED) is 0.784. The van der Waals surface area contributed by atoms with Gasteiger partial charge in [-0.1, -0.05) is 20.8 Å². The van der Waals surface area contributed by atoms with Crippen molar-refractivity contribution in [3.8, 4) is 5.75 Å². The highest BCUT2D eigenvalue weighted by Crippen LogP contribution is 2.32. The number of nitrogens with zero attached hydrogens (tertiary/aromatic N) is 1. The molecule has 20 heavy (non-hydrogen) atoms. The van der Waals surface area contributed by atoms with Crippen molar-refractivity contribution < 1.29 is 5.11 Å². The zero-order chi connectivity index (χ0) is 14.8. The summed E-state index contributed by atoms with van der Waals surface area (Å²) < 4.78 is 0. The fourth-order valence-electron chi connectivity index (χ4n) is 2.69. The molecular formula is C16H25N3O. The van der Waals surface area contributed by atoms with E-state index in [9.17, 15) is 5.11 Å². The Hall–Kier alpha value is -1.55. The van der Waals surface area contributed by atoms with Gasteiger partial charge in [0.1, 0.15) is 11.6 Å². The summed E-state index contributed by atoms with van der Waals surface area (Å²) in [6.07, 6.45) is 3.04. The van der Waals surface area contributed by atoms with E-state index in [0.29, 0.717) is 5.92 Å². The van der Waals surface area contributed by atoms with Gasteiger partial charge in [-0.3, -0.25) is 0 Å². The lowest BCUT2D eigenvalue weighted by Crippen LogP contribution is -2.24. The number of phenolic OH excluding ortho intramolecular Hbond substituents is 1. The first kappa shape index (κ1) is 14.9. The van der Waals surface area contributed by atoms with Crippen LogP contribution in [0.15, 0.2) is 18.2 Å². The lowest BCUT2D eigenvalue weighted by Gasteiger charge is -2.30. The number of aromatic hydroxyl groups is 1. The Morgan fingerprint density at radius 2 is 2.05 bits per heavy atom. The van der Waals surface area contributed by atoms with Crippen LogP contribution in [-0.4, -0.2) is 21.6 Å². The predicted octanol–water partition coefficient (Wildman–Crippen LogP) is 3.21. The number of hydrogen-bond donors (Lipinski definition) is 3. The first-order chi connectivity index (χ1) is 9.40. The van der Waals surface area contributed by atoms with Crippen LogP contribution in [-0.2, 0) is 6.42 Å². The van der Waals surface area contributed by atoms with Crippen molar-refractivity contribution in [1.29, 1.82) is 0 Å². The van der Waals surface area contributed by atoms with Crippen molar-refractivity contribution in [2.75, 3.05) is 6.54 Å². The third-order valence-electron chi connectivity index (χ3n) is 3.98. The van der Waals surface area contributed by atoms with Gasteiger partial charge in [-0.25, -0.2) is 4.98 Å². The highest BCUT2D eigenvalue weighted by molar-refractivity contribution is 5.76. The summed E-state index contributed by atoms with van der Waals surface area (Å²) in [5, 5.41) is 9.47. The molecule has 0 aliphatic heterocycles. The number of imidazole rings is 1. The summed E-state index contributed by atoms with van der Waals surface area (Å²) in [4.78, 5) is 7.85. The molecule has 4 N–H and O–H groups in total. The molecule has 0 fully saturated rings. The van der Waals surface area contributed by atoms with Crippen molar-refractivity contribution in [2.24, 2.45) is 17.1 Å². The largest absolute Gasteiger partial charge is 0.508 e. The highest BCUT2D eigenvalue weighted by atomic mass is 16.3. The standard InChI is InChI=1S/C16H25N3O/c1-16(2,3)11(8-9-17)4-7-15-18-13-6-5-12(20)10-14(13)19-15/h5-6,10-11,20H,4,7-9,17H2,1-3H3,(H,18,19). The molecule has 0 saturated carbocycles. The Balaban J connectivity index is 2.07. The molecule has 0 amide bonds. The number of rotatable bonds is 5. The number of hydrogen-bond acceptors (Lipinski definition) is 3. The molecule has 1 aromatic heterocycles. The maximum absolute atomic E-state index is 9.47. The number of aryl methyl sites for hydroxylation is 1. The number of fused-ring (bicyclic) bond motifs is 1. The maximum Gasteiger partial charge on any atom is 0.117 e. The number of nitrogens with one attached hydrogen (secondary N) is 1. The van der Waals surface area contributed by atoms with Gasteiger partial charge in [0.25, 0.3) is 0 Å². The van der Waals surface area contributed by atoms with Crippen molar-refractivity contribution in [1.82, 2.24) is 9.97 Å². The minimum absolute atomic E-state index is 0.267. The van der Waals surface area contributed by atoms with E-state index >= 15 is 0 Å². The molecule has 4 nitrogen and oxygen atoms in total. The fraction of sp³-hybridized carbons (Fsp3) is 0.562. The van der Waals surface area contributed by atoms with Crippen molar-refractivity contribution in [3.05, 3.63) is 24.0 Å². The number of benzene rings is 1. The summed E-state index contributed by atoms with van der Waals surface area (Å²) in [5.74, 6) is 1.84. The Morgan fingerprint density at radius 1 is 1.30 bits per heavy atom. The minimum atomic E-state index is 0.267. The molecule has 0 spiro atoms. The van der Waals surface area contributed by atoms with Crippen molar-refractivity contribution in [2.45, 2.75) is 40.0 Å². The van der Waals surface area contributed by atoms with Crippen LogP contribution < -0.4 is 5.73 Å². The van der Waals surface area contributed by atoms with E-state index in [2.05, 4.69) is 30.7 Å². The molecule has 1 unspecified atom stereocenters. The van der Waals surface area contributed by atoms with Crippen LogP contribution in [0.3, 0.4) is 0 Å². The summed E-state index contributed by atoms with van der Waals surface area (Å²) in [6, 6.07) is 5.22. The van der Waals surface area contributed by atoms with Crippen LogP contribution in [0, 0.1) is 11.3 Å². The first-order valence-electron chi connectivity index (χ1n) is 7.28. The van der Waals surface area contributed by atoms with Crippen LogP contribution in [0.4, 0.5) is 0 Å². The highest BCUT2D eigenvalue weighted by Gasteiger charge is 2.23. The van der Waals surface area contributed by atoms with Crippen LogP contribution in [0.1, 0.15) is 39.4 Å². The molecule has 0 radical (unpaired) electrons. The Kier molecular flexibility index (Phi) is 4.33. The smallest absolute Gasteiger partial charge is 0.117 e. The maximum atomic E-state index is 9.47. The third kappa shape index (κ3) is 3.51. The normalized spacial score (nSPS) is 13.8. The molecule has 4 heteroatoms. The fourth-order valence-corrected chi connectivity index (χ4v) is 2.69. The topological polar surface area (TPSA) is 74.9 Å². The van der Waals surface area contributed by atoms with Gasteiger partial charge in [0.15, 0.2) is 0 Å². The van der Waals surface area contributed by atoms with E-state index in [1.807, 2.05) is 6.07 Å². The predicted molar refractivity (Wildman–Crippen MR) is 82.7 cm³/mol. The van der Waals surface area contributed by atoms with Crippen LogP contribution >= 0.6 is 0 Å². The van der Waals surface area contributed by atoms with Gasteiger partial charge in [0, 0.05) is 12.5 Å². The number of phenols is 1. The molecule has 0 saturated heterocycles. The monoisotopic (exact) mass is 275 g/mol. The van der Waals surface area contributed by atoms with Gasteiger partial charge in [0.05, 0.1) is 11.0 Å². The van der Waals surface area contributed by atoms with E-state index in [1.54, 1.807) is 12.1 Å². The van der Waals surface area contributed by atoms with Gasteiger partial charge >= 0.3 is 0 Å². The van der Waals surface area contributed by atoms with Gasteiger partial charge in [-0.15, -0.1) is 0 Å². The molecule has 110 valence electrons. The third-order valence-corrected chi connectivity index (χ3v) is 3.98. The molecule has 1 atom stereocenters. The molecule has 0 aliphatic carbocycles. The minimum Gasteiger partial charge on any atom is -0.508 e. The Morgan fingerprint density at radius 3 is 2.70 bits per heavy atom. The molecule has 0 bridgehead atoms. The molecule has 1 heterocycles. The van der Waals surface area contributed by atoms with E-state index in [1.165, 1.54) is 0 Å². The van der Waals surface area contributed by atoms with Gasteiger partial charge < -0.3 is 15.8 Å². The second-order valence-electron chi connectivity index (χ2n) is 6.56. The second-order valence-corrected chi connectivity index (χ2v) is 6.56. The number of H-pyrrole nitrogens is 1. The van der Waals surface area contributed by atoms with Crippen LogP contribution in [0.2, 0.25) is 0 Å². The summed E-state index contributed by atoms with van der Waals surface area (Å²) >= 11 is 0. The van der Waals surface area contributed by atoms with Gasteiger partial charge in [-0.05, 0) is 42.9 Å². The van der Waals surface area contributed by atoms with Gasteiger partial charge in [-0.2, -0.15) is 0 Å². The SMILES string of the molecule is CC(C)(C)C(CCN)CCc1nc2ccc(O)cc2[nH]1. The first-order valence-corrected chi connectivity index (χ1v) is 7.28. The average Bonchev–Trinajstić information content (AvgIpc) is 2.74. The zero-order valence-electron chi connectivity index (χ0n) is 12.6. The number of aromatic amines is 1. The molecule has 2 aromatic rings. The summed E-state index contributed by atoms with van der Waals surface area (Å²) in [5.41, 5.74) is 7.79. The van der Waals surface area contributed by atoms with Crippen molar-refractivity contribution >= 4 is 11.0 Å². The van der Waals surface area contributed by atoms with E-state index in [4.69, 9.17) is 5.73 Å².